The summed E-state index contributed by atoms with van der Waals surface area (Å²) in [6.07, 6.45) is 6.66. The SMILES string of the molecule is O=C1OCCc2cc(Cl)nc(C3CCCCC3)c21. The first kappa shape index (κ1) is 12.0. The second-order valence-corrected chi connectivity index (χ2v) is 5.47. The molecule has 2 heterocycles. The van der Waals surface area contributed by atoms with Gasteiger partial charge in [0.05, 0.1) is 17.9 Å². The maximum atomic E-state index is 12.0. The second kappa shape index (κ2) is 4.88. The van der Waals surface area contributed by atoms with Gasteiger partial charge in [-0.2, -0.15) is 0 Å². The third-order valence-electron chi connectivity index (χ3n) is 3.90. The summed E-state index contributed by atoms with van der Waals surface area (Å²) in [5.41, 5.74) is 2.58. The van der Waals surface area contributed by atoms with Gasteiger partial charge >= 0.3 is 5.97 Å². The van der Waals surface area contributed by atoms with Gasteiger partial charge in [-0.3, -0.25) is 0 Å². The number of cyclic esters (lactones) is 1. The number of halogens is 1. The van der Waals surface area contributed by atoms with Crippen LogP contribution in [0.2, 0.25) is 5.15 Å². The Hall–Kier alpha value is -1.09. The summed E-state index contributed by atoms with van der Waals surface area (Å²) < 4.78 is 5.15. The van der Waals surface area contributed by atoms with E-state index in [1.807, 2.05) is 6.07 Å². The molecule has 2 aliphatic rings. The largest absolute Gasteiger partial charge is 0.462 e. The highest BCUT2D eigenvalue weighted by molar-refractivity contribution is 6.29. The number of rotatable bonds is 1. The maximum absolute atomic E-state index is 12.0. The highest BCUT2D eigenvalue weighted by Crippen LogP contribution is 2.36. The molecule has 1 aliphatic carbocycles. The van der Waals surface area contributed by atoms with Crippen LogP contribution < -0.4 is 0 Å². The zero-order valence-corrected chi connectivity index (χ0v) is 11.0. The summed E-state index contributed by atoms with van der Waals surface area (Å²) in [7, 11) is 0. The van der Waals surface area contributed by atoms with Crippen molar-refractivity contribution in [3.63, 3.8) is 0 Å². The van der Waals surface area contributed by atoms with Crippen molar-refractivity contribution in [1.29, 1.82) is 0 Å². The Morgan fingerprint density at radius 2 is 2.06 bits per heavy atom. The van der Waals surface area contributed by atoms with Crippen molar-refractivity contribution in [2.45, 2.75) is 44.4 Å². The van der Waals surface area contributed by atoms with E-state index in [2.05, 4.69) is 4.98 Å². The lowest BCUT2D eigenvalue weighted by Crippen LogP contribution is -2.22. The minimum absolute atomic E-state index is 0.221. The Bertz CT molecular complexity index is 481. The van der Waals surface area contributed by atoms with Crippen LogP contribution in [0.1, 0.15) is 59.6 Å². The number of esters is 1. The van der Waals surface area contributed by atoms with Crippen LogP contribution in [0.5, 0.6) is 0 Å². The van der Waals surface area contributed by atoms with E-state index in [0.717, 1.165) is 30.5 Å². The van der Waals surface area contributed by atoms with Crippen LogP contribution in [0.4, 0.5) is 0 Å². The number of aromatic nitrogens is 1. The molecule has 1 aromatic heterocycles. The topological polar surface area (TPSA) is 39.2 Å². The fraction of sp³-hybridized carbons (Fsp3) is 0.571. The first-order valence-electron chi connectivity index (χ1n) is 6.62. The Morgan fingerprint density at radius 3 is 2.83 bits per heavy atom. The molecule has 0 N–H and O–H groups in total. The monoisotopic (exact) mass is 265 g/mol. The van der Waals surface area contributed by atoms with E-state index in [9.17, 15) is 4.79 Å². The van der Waals surface area contributed by atoms with Gasteiger partial charge in [-0.25, -0.2) is 9.78 Å². The van der Waals surface area contributed by atoms with Crippen LogP contribution in [0.15, 0.2) is 6.07 Å². The van der Waals surface area contributed by atoms with Gasteiger partial charge in [0.15, 0.2) is 0 Å². The highest BCUT2D eigenvalue weighted by atomic mass is 35.5. The lowest BCUT2D eigenvalue weighted by atomic mass is 9.83. The molecule has 0 amide bonds. The smallest absolute Gasteiger partial charge is 0.340 e. The molecule has 1 fully saturated rings. The normalized spacial score (nSPS) is 20.4. The van der Waals surface area contributed by atoms with Gasteiger partial charge in [0.2, 0.25) is 0 Å². The average Bonchev–Trinajstić information content (AvgIpc) is 2.39. The number of ether oxygens (including phenoxy) is 1. The average molecular weight is 266 g/mol. The third-order valence-corrected chi connectivity index (χ3v) is 4.09. The van der Waals surface area contributed by atoms with E-state index in [1.165, 1.54) is 19.3 Å². The molecule has 0 spiro atoms. The summed E-state index contributed by atoms with van der Waals surface area (Å²) >= 11 is 6.09. The molecule has 0 unspecified atom stereocenters. The van der Waals surface area contributed by atoms with Crippen molar-refractivity contribution >= 4 is 17.6 Å². The van der Waals surface area contributed by atoms with Crippen molar-refractivity contribution in [1.82, 2.24) is 4.98 Å². The molecule has 0 atom stereocenters. The molecule has 1 aliphatic heterocycles. The van der Waals surface area contributed by atoms with Gasteiger partial charge < -0.3 is 4.74 Å². The number of hydrogen-bond donors (Lipinski definition) is 0. The van der Waals surface area contributed by atoms with E-state index < -0.39 is 0 Å². The van der Waals surface area contributed by atoms with Gasteiger partial charge in [0.25, 0.3) is 0 Å². The van der Waals surface area contributed by atoms with Crippen LogP contribution in [0.3, 0.4) is 0 Å². The van der Waals surface area contributed by atoms with Crippen molar-refractivity contribution in [3.05, 3.63) is 28.0 Å². The third kappa shape index (κ3) is 2.12. The summed E-state index contributed by atoms with van der Waals surface area (Å²) in [6, 6.07) is 1.81. The molecule has 3 nitrogen and oxygen atoms in total. The molecule has 0 saturated heterocycles. The van der Waals surface area contributed by atoms with E-state index in [1.54, 1.807) is 0 Å². The second-order valence-electron chi connectivity index (χ2n) is 5.09. The number of fused-ring (bicyclic) bond motifs is 1. The van der Waals surface area contributed by atoms with Gasteiger partial charge in [-0.1, -0.05) is 30.9 Å². The van der Waals surface area contributed by atoms with Gasteiger partial charge in [0.1, 0.15) is 5.15 Å². The van der Waals surface area contributed by atoms with Gasteiger partial charge in [-0.15, -0.1) is 0 Å². The molecule has 0 bridgehead atoms. The molecule has 0 radical (unpaired) electrons. The molecular weight excluding hydrogens is 250 g/mol. The minimum Gasteiger partial charge on any atom is -0.462 e. The van der Waals surface area contributed by atoms with E-state index in [-0.39, 0.29) is 5.97 Å². The predicted molar refractivity (Wildman–Crippen MR) is 69.1 cm³/mol. The van der Waals surface area contributed by atoms with E-state index in [0.29, 0.717) is 23.2 Å². The molecular formula is C14H16ClNO2. The lowest BCUT2D eigenvalue weighted by molar-refractivity contribution is 0.0476. The molecule has 1 aromatic rings. The van der Waals surface area contributed by atoms with E-state index >= 15 is 0 Å². The number of hydrogen-bond acceptors (Lipinski definition) is 3. The zero-order valence-electron chi connectivity index (χ0n) is 10.2. The first-order chi connectivity index (χ1) is 8.75. The standard InChI is InChI=1S/C14H16ClNO2/c15-11-8-10-6-7-18-14(17)12(10)13(16-11)9-4-2-1-3-5-9/h8-9H,1-7H2. The molecule has 4 heteroatoms. The highest BCUT2D eigenvalue weighted by Gasteiger charge is 2.29. The van der Waals surface area contributed by atoms with Gasteiger partial charge in [0, 0.05) is 12.3 Å². The summed E-state index contributed by atoms with van der Waals surface area (Å²) in [5, 5.41) is 0.504. The van der Waals surface area contributed by atoms with Crippen LogP contribution in [-0.2, 0) is 11.2 Å². The first-order valence-corrected chi connectivity index (χ1v) is 7.00. The Kier molecular flexibility index (Phi) is 3.25. The molecule has 1 saturated carbocycles. The quantitative estimate of drug-likeness (QED) is 0.576. The van der Waals surface area contributed by atoms with Crippen molar-refractivity contribution < 1.29 is 9.53 Å². The van der Waals surface area contributed by atoms with Crippen LogP contribution >= 0.6 is 11.6 Å². The molecule has 96 valence electrons. The number of pyridine rings is 1. The molecule has 18 heavy (non-hydrogen) atoms. The van der Waals surface area contributed by atoms with Crippen LogP contribution in [0, 0.1) is 0 Å². The zero-order chi connectivity index (χ0) is 12.5. The van der Waals surface area contributed by atoms with E-state index in [4.69, 9.17) is 16.3 Å². The Balaban J connectivity index is 2.06. The number of carbonyl (C=O) groups excluding carboxylic acids is 1. The van der Waals surface area contributed by atoms with Crippen molar-refractivity contribution in [2.24, 2.45) is 0 Å². The lowest BCUT2D eigenvalue weighted by Gasteiger charge is -2.26. The minimum atomic E-state index is -0.221. The Morgan fingerprint density at radius 1 is 1.28 bits per heavy atom. The summed E-state index contributed by atoms with van der Waals surface area (Å²) in [4.78, 5) is 16.4. The summed E-state index contributed by atoms with van der Waals surface area (Å²) in [6.45, 7) is 0.455. The van der Waals surface area contributed by atoms with Gasteiger partial charge in [-0.05, 0) is 24.5 Å². The van der Waals surface area contributed by atoms with Crippen molar-refractivity contribution in [3.8, 4) is 0 Å². The number of carbonyl (C=O) groups is 1. The molecule has 0 aromatic carbocycles. The Labute approximate surface area is 112 Å². The molecule has 3 rings (SSSR count). The maximum Gasteiger partial charge on any atom is 0.340 e. The predicted octanol–water partition coefficient (Wildman–Crippen LogP) is 3.50. The number of nitrogens with zero attached hydrogens (tertiary/aromatic N) is 1. The van der Waals surface area contributed by atoms with Crippen LogP contribution in [0.25, 0.3) is 0 Å². The summed E-state index contributed by atoms with van der Waals surface area (Å²) in [5.74, 6) is 0.151. The van der Waals surface area contributed by atoms with Crippen LogP contribution in [-0.4, -0.2) is 17.6 Å². The fourth-order valence-electron chi connectivity index (χ4n) is 3.01. The fourth-order valence-corrected chi connectivity index (χ4v) is 3.24. The van der Waals surface area contributed by atoms with Crippen molar-refractivity contribution in [2.75, 3.05) is 6.61 Å².